The number of benzene rings is 1. The quantitative estimate of drug-likeness (QED) is 0.919. The first-order valence-electron chi connectivity index (χ1n) is 8.11. The summed E-state index contributed by atoms with van der Waals surface area (Å²) >= 11 is 0. The number of amides is 1. The van der Waals surface area contributed by atoms with Crippen LogP contribution in [0.4, 0.5) is 5.69 Å². The Morgan fingerprint density at radius 3 is 2.62 bits per heavy atom. The van der Waals surface area contributed by atoms with Gasteiger partial charge in [-0.15, -0.1) is 0 Å². The third-order valence-electron chi connectivity index (χ3n) is 4.95. The predicted molar refractivity (Wildman–Crippen MR) is 85.8 cm³/mol. The highest BCUT2D eigenvalue weighted by Gasteiger charge is 2.39. The highest BCUT2D eigenvalue weighted by molar-refractivity contribution is 5.95. The van der Waals surface area contributed by atoms with Gasteiger partial charge in [0.15, 0.2) is 0 Å². The monoisotopic (exact) mass is 287 g/mol. The summed E-state index contributed by atoms with van der Waals surface area (Å²) in [6, 6.07) is 8.50. The van der Waals surface area contributed by atoms with Crippen molar-refractivity contribution in [1.29, 1.82) is 0 Å². The van der Waals surface area contributed by atoms with E-state index in [9.17, 15) is 4.79 Å². The Labute approximate surface area is 127 Å². The standard InChI is InChI=1S/C17H25N3O/c1-3-19(4-2)15-7-5-13(6-8-15)17(21)20-10-9-14-11-18-12-16(14)20/h5-8,14,16,18H,3-4,9-12H2,1-2H3/t14-,16+/m1/s1. The van der Waals surface area contributed by atoms with Crippen LogP contribution in [0.15, 0.2) is 24.3 Å². The van der Waals surface area contributed by atoms with Crippen LogP contribution in [-0.2, 0) is 0 Å². The summed E-state index contributed by atoms with van der Waals surface area (Å²) in [6.45, 7) is 9.22. The lowest BCUT2D eigenvalue weighted by atomic mass is 10.0. The number of nitrogens with one attached hydrogen (secondary N) is 1. The average molecular weight is 287 g/mol. The molecular formula is C17H25N3O. The smallest absolute Gasteiger partial charge is 0.254 e. The largest absolute Gasteiger partial charge is 0.372 e. The van der Waals surface area contributed by atoms with E-state index in [0.717, 1.165) is 44.7 Å². The maximum absolute atomic E-state index is 12.7. The zero-order valence-corrected chi connectivity index (χ0v) is 13.0. The minimum atomic E-state index is 0.192. The van der Waals surface area contributed by atoms with Crippen LogP contribution in [-0.4, -0.2) is 49.6 Å². The lowest BCUT2D eigenvalue weighted by Gasteiger charge is -2.24. The SMILES string of the molecule is CCN(CC)c1ccc(C(=O)N2CC[C@@H]3CNC[C@@H]32)cc1. The number of anilines is 1. The van der Waals surface area contributed by atoms with E-state index in [2.05, 4.69) is 41.1 Å². The summed E-state index contributed by atoms with van der Waals surface area (Å²) in [5.74, 6) is 0.848. The lowest BCUT2D eigenvalue weighted by molar-refractivity contribution is 0.0737. The van der Waals surface area contributed by atoms with Gasteiger partial charge < -0.3 is 15.1 Å². The molecular weight excluding hydrogens is 262 g/mol. The molecule has 3 rings (SSSR count). The summed E-state index contributed by atoms with van der Waals surface area (Å²) in [6.07, 6.45) is 1.14. The molecule has 2 atom stereocenters. The molecule has 1 N–H and O–H groups in total. The Hall–Kier alpha value is -1.55. The highest BCUT2D eigenvalue weighted by atomic mass is 16.2. The number of carbonyl (C=O) groups is 1. The van der Waals surface area contributed by atoms with E-state index in [4.69, 9.17) is 0 Å². The molecule has 0 aromatic heterocycles. The van der Waals surface area contributed by atoms with E-state index in [-0.39, 0.29) is 5.91 Å². The molecule has 2 heterocycles. The predicted octanol–water partition coefficient (Wildman–Crippen LogP) is 1.97. The van der Waals surface area contributed by atoms with Crippen LogP contribution in [0.3, 0.4) is 0 Å². The van der Waals surface area contributed by atoms with Gasteiger partial charge in [-0.2, -0.15) is 0 Å². The van der Waals surface area contributed by atoms with Crippen LogP contribution in [0, 0.1) is 5.92 Å². The summed E-state index contributed by atoms with van der Waals surface area (Å²) in [5, 5.41) is 3.40. The van der Waals surface area contributed by atoms with Crippen molar-refractivity contribution < 1.29 is 4.79 Å². The number of carbonyl (C=O) groups excluding carboxylic acids is 1. The van der Waals surface area contributed by atoms with Crippen LogP contribution in [0.5, 0.6) is 0 Å². The van der Waals surface area contributed by atoms with Gasteiger partial charge in [-0.1, -0.05) is 0 Å². The molecule has 0 aliphatic carbocycles. The molecule has 1 aromatic carbocycles. The average Bonchev–Trinajstić information content (AvgIpc) is 3.11. The van der Waals surface area contributed by atoms with Gasteiger partial charge in [0, 0.05) is 50.0 Å². The summed E-state index contributed by atoms with van der Waals surface area (Å²) < 4.78 is 0. The molecule has 2 aliphatic rings. The van der Waals surface area contributed by atoms with E-state index in [1.54, 1.807) is 0 Å². The van der Waals surface area contributed by atoms with Crippen molar-refractivity contribution in [2.24, 2.45) is 5.92 Å². The number of nitrogens with zero attached hydrogens (tertiary/aromatic N) is 2. The van der Waals surface area contributed by atoms with Gasteiger partial charge in [0.05, 0.1) is 0 Å². The Bertz CT molecular complexity index is 495. The van der Waals surface area contributed by atoms with Crippen LogP contribution >= 0.6 is 0 Å². The van der Waals surface area contributed by atoms with E-state index in [0.29, 0.717) is 12.0 Å². The summed E-state index contributed by atoms with van der Waals surface area (Å²) in [4.78, 5) is 17.1. The zero-order valence-electron chi connectivity index (χ0n) is 13.0. The molecule has 2 fully saturated rings. The minimum absolute atomic E-state index is 0.192. The van der Waals surface area contributed by atoms with Gasteiger partial charge in [0.2, 0.25) is 0 Å². The Balaban J connectivity index is 1.73. The van der Waals surface area contributed by atoms with Crippen LogP contribution < -0.4 is 10.2 Å². The molecule has 1 aromatic rings. The van der Waals surface area contributed by atoms with Crippen molar-refractivity contribution in [1.82, 2.24) is 10.2 Å². The van der Waals surface area contributed by atoms with Gasteiger partial charge in [-0.3, -0.25) is 4.79 Å². The van der Waals surface area contributed by atoms with Crippen molar-refractivity contribution in [2.75, 3.05) is 37.6 Å². The first-order valence-corrected chi connectivity index (χ1v) is 8.11. The van der Waals surface area contributed by atoms with Gasteiger partial charge in [0.1, 0.15) is 0 Å². The topological polar surface area (TPSA) is 35.6 Å². The van der Waals surface area contributed by atoms with E-state index in [1.165, 1.54) is 5.69 Å². The molecule has 4 nitrogen and oxygen atoms in total. The summed E-state index contributed by atoms with van der Waals surface area (Å²) in [5.41, 5.74) is 2.01. The fourth-order valence-electron chi connectivity index (χ4n) is 3.67. The third kappa shape index (κ3) is 2.64. The third-order valence-corrected chi connectivity index (χ3v) is 4.95. The molecule has 21 heavy (non-hydrogen) atoms. The second-order valence-electron chi connectivity index (χ2n) is 5.99. The van der Waals surface area contributed by atoms with Gasteiger partial charge >= 0.3 is 0 Å². The molecule has 114 valence electrons. The number of hydrogen-bond acceptors (Lipinski definition) is 3. The fraction of sp³-hybridized carbons (Fsp3) is 0.588. The molecule has 0 unspecified atom stereocenters. The minimum Gasteiger partial charge on any atom is -0.372 e. The number of rotatable bonds is 4. The normalized spacial score (nSPS) is 24.2. The Kier molecular flexibility index (Phi) is 4.15. The molecule has 1 amide bonds. The number of fused-ring (bicyclic) bond motifs is 1. The number of hydrogen-bond donors (Lipinski definition) is 1. The molecule has 2 saturated heterocycles. The summed E-state index contributed by atoms with van der Waals surface area (Å²) in [7, 11) is 0. The van der Waals surface area contributed by atoms with Crippen molar-refractivity contribution in [2.45, 2.75) is 26.3 Å². The zero-order chi connectivity index (χ0) is 14.8. The molecule has 4 heteroatoms. The van der Waals surface area contributed by atoms with E-state index in [1.807, 2.05) is 12.1 Å². The van der Waals surface area contributed by atoms with Crippen molar-refractivity contribution >= 4 is 11.6 Å². The van der Waals surface area contributed by atoms with Crippen molar-refractivity contribution in [3.05, 3.63) is 29.8 Å². The first-order chi connectivity index (χ1) is 10.2. The van der Waals surface area contributed by atoms with Gasteiger partial charge in [-0.05, 0) is 50.5 Å². The Morgan fingerprint density at radius 1 is 1.24 bits per heavy atom. The maximum atomic E-state index is 12.7. The van der Waals surface area contributed by atoms with Crippen molar-refractivity contribution in [3.63, 3.8) is 0 Å². The Morgan fingerprint density at radius 2 is 1.95 bits per heavy atom. The highest BCUT2D eigenvalue weighted by Crippen LogP contribution is 2.28. The van der Waals surface area contributed by atoms with E-state index >= 15 is 0 Å². The van der Waals surface area contributed by atoms with Crippen molar-refractivity contribution in [3.8, 4) is 0 Å². The maximum Gasteiger partial charge on any atom is 0.254 e. The lowest BCUT2D eigenvalue weighted by Crippen LogP contribution is -2.39. The van der Waals surface area contributed by atoms with Gasteiger partial charge in [0.25, 0.3) is 5.91 Å². The first kappa shape index (κ1) is 14.4. The molecule has 2 aliphatic heterocycles. The molecule has 0 spiro atoms. The van der Waals surface area contributed by atoms with E-state index < -0.39 is 0 Å². The van der Waals surface area contributed by atoms with Gasteiger partial charge in [-0.25, -0.2) is 0 Å². The van der Waals surface area contributed by atoms with Crippen LogP contribution in [0.25, 0.3) is 0 Å². The molecule has 0 radical (unpaired) electrons. The number of likely N-dealkylation sites (tertiary alicyclic amines) is 1. The second-order valence-corrected chi connectivity index (χ2v) is 5.99. The van der Waals surface area contributed by atoms with Crippen LogP contribution in [0.2, 0.25) is 0 Å². The van der Waals surface area contributed by atoms with Crippen LogP contribution in [0.1, 0.15) is 30.6 Å². The molecule has 0 bridgehead atoms. The fourth-order valence-corrected chi connectivity index (χ4v) is 3.67. The second kappa shape index (κ2) is 6.06. The molecule has 0 saturated carbocycles.